The normalized spacial score (nSPS) is 14.4. The van der Waals surface area contributed by atoms with Gasteiger partial charge in [0.15, 0.2) is 5.16 Å². The molecule has 0 spiro atoms. The molecule has 3 aromatic rings. The van der Waals surface area contributed by atoms with Gasteiger partial charge in [0.05, 0.1) is 18.2 Å². The minimum atomic E-state index is 0.710. The van der Waals surface area contributed by atoms with Crippen LogP contribution in [0.25, 0.3) is 11.1 Å². The molecule has 32 heavy (non-hydrogen) atoms. The van der Waals surface area contributed by atoms with Crippen molar-refractivity contribution in [3.05, 3.63) is 65.5 Å². The van der Waals surface area contributed by atoms with Gasteiger partial charge in [-0.1, -0.05) is 86.8 Å². The van der Waals surface area contributed by atoms with Crippen molar-refractivity contribution in [3.63, 3.8) is 0 Å². The smallest absolute Gasteiger partial charge is 0.191 e. The van der Waals surface area contributed by atoms with Crippen LogP contribution in [-0.4, -0.2) is 20.5 Å². The molecular formula is C27H32N4S. The van der Waals surface area contributed by atoms with Gasteiger partial charge in [-0.05, 0) is 47.9 Å². The van der Waals surface area contributed by atoms with Crippen LogP contribution < -0.4 is 0 Å². The van der Waals surface area contributed by atoms with E-state index in [9.17, 15) is 5.26 Å². The second-order valence-electron chi connectivity index (χ2n) is 8.76. The molecule has 0 atom stereocenters. The summed E-state index contributed by atoms with van der Waals surface area (Å²) in [6, 6.07) is 18.7. The molecule has 1 saturated carbocycles. The molecule has 5 heteroatoms. The summed E-state index contributed by atoms with van der Waals surface area (Å²) in [7, 11) is 0. The third-order valence-electron chi connectivity index (χ3n) is 6.37. The molecule has 0 aliphatic heterocycles. The van der Waals surface area contributed by atoms with Crippen molar-refractivity contribution in [1.29, 1.82) is 5.26 Å². The topological polar surface area (TPSA) is 54.5 Å². The zero-order valence-electron chi connectivity index (χ0n) is 19.0. The SMILES string of the molecule is CCCCc1nnc(SCC2CCCCC2)n1Cc1ccc(-c2ccccc2C#N)cc1. The lowest BCUT2D eigenvalue weighted by molar-refractivity contribution is 0.390. The van der Waals surface area contributed by atoms with E-state index >= 15 is 0 Å². The minimum absolute atomic E-state index is 0.710. The van der Waals surface area contributed by atoms with E-state index in [1.54, 1.807) is 0 Å². The maximum Gasteiger partial charge on any atom is 0.191 e. The average molecular weight is 445 g/mol. The molecule has 0 N–H and O–H groups in total. The molecule has 0 saturated heterocycles. The number of hydrogen-bond acceptors (Lipinski definition) is 4. The van der Waals surface area contributed by atoms with Gasteiger partial charge in [0.2, 0.25) is 0 Å². The standard InChI is InChI=1S/C27H32N4S/c1-2-3-13-26-29-30-27(32-20-22-9-5-4-6-10-22)31(26)19-21-14-16-23(17-15-21)25-12-8-7-11-24(25)18-28/h7-8,11-12,14-17,22H,2-6,9-10,13,19-20H2,1H3. The van der Waals surface area contributed by atoms with Gasteiger partial charge < -0.3 is 4.57 Å². The first-order valence-corrected chi connectivity index (χ1v) is 12.9. The van der Waals surface area contributed by atoms with E-state index in [4.69, 9.17) is 0 Å². The Morgan fingerprint density at radius 3 is 2.56 bits per heavy atom. The Kier molecular flexibility index (Phi) is 8.01. The summed E-state index contributed by atoms with van der Waals surface area (Å²) in [5, 5.41) is 19.6. The molecule has 4 nitrogen and oxygen atoms in total. The molecule has 0 bridgehead atoms. The third kappa shape index (κ3) is 5.61. The van der Waals surface area contributed by atoms with Crippen LogP contribution >= 0.6 is 11.8 Å². The van der Waals surface area contributed by atoms with Crippen LogP contribution in [0.3, 0.4) is 0 Å². The van der Waals surface area contributed by atoms with E-state index in [2.05, 4.69) is 52.0 Å². The predicted octanol–water partition coefficient (Wildman–Crippen LogP) is 6.88. The second kappa shape index (κ2) is 11.3. The van der Waals surface area contributed by atoms with Crippen LogP contribution in [0, 0.1) is 17.2 Å². The van der Waals surface area contributed by atoms with Crippen LogP contribution in [0.4, 0.5) is 0 Å². The number of nitriles is 1. The monoisotopic (exact) mass is 444 g/mol. The zero-order valence-corrected chi connectivity index (χ0v) is 19.8. The fourth-order valence-electron chi connectivity index (χ4n) is 4.46. The maximum atomic E-state index is 9.41. The quantitative estimate of drug-likeness (QED) is 0.338. The lowest BCUT2D eigenvalue weighted by atomic mass is 9.91. The Balaban J connectivity index is 1.51. The highest BCUT2D eigenvalue weighted by atomic mass is 32.2. The number of thioether (sulfide) groups is 1. The van der Waals surface area contributed by atoms with E-state index in [1.165, 1.54) is 37.7 Å². The fourth-order valence-corrected chi connectivity index (χ4v) is 5.60. The van der Waals surface area contributed by atoms with Gasteiger partial charge in [-0.2, -0.15) is 5.26 Å². The molecule has 0 amide bonds. The highest BCUT2D eigenvalue weighted by Gasteiger charge is 2.18. The van der Waals surface area contributed by atoms with Crippen molar-refractivity contribution >= 4 is 11.8 Å². The Morgan fingerprint density at radius 1 is 1.03 bits per heavy atom. The van der Waals surface area contributed by atoms with Gasteiger partial charge in [0, 0.05) is 12.2 Å². The van der Waals surface area contributed by atoms with Gasteiger partial charge in [-0.25, -0.2) is 0 Å². The van der Waals surface area contributed by atoms with E-state index in [-0.39, 0.29) is 0 Å². The predicted molar refractivity (Wildman–Crippen MR) is 132 cm³/mol. The van der Waals surface area contributed by atoms with Crippen LogP contribution in [0.15, 0.2) is 53.7 Å². The highest BCUT2D eigenvalue weighted by Crippen LogP contribution is 2.30. The lowest BCUT2D eigenvalue weighted by Crippen LogP contribution is -2.11. The van der Waals surface area contributed by atoms with E-state index in [0.717, 1.165) is 59.6 Å². The van der Waals surface area contributed by atoms with E-state index in [1.807, 2.05) is 36.0 Å². The molecule has 2 aromatic carbocycles. The second-order valence-corrected chi connectivity index (χ2v) is 9.75. The Morgan fingerprint density at radius 2 is 1.81 bits per heavy atom. The van der Waals surface area contributed by atoms with Crippen LogP contribution in [0.1, 0.15) is 68.8 Å². The summed E-state index contributed by atoms with van der Waals surface area (Å²) in [5.41, 5.74) is 4.01. The number of aromatic nitrogens is 3. The molecule has 1 aliphatic carbocycles. The van der Waals surface area contributed by atoms with Crippen LogP contribution in [-0.2, 0) is 13.0 Å². The van der Waals surface area contributed by atoms with Gasteiger partial charge >= 0.3 is 0 Å². The maximum absolute atomic E-state index is 9.41. The molecule has 1 aromatic heterocycles. The van der Waals surface area contributed by atoms with E-state index in [0.29, 0.717) is 5.56 Å². The zero-order chi connectivity index (χ0) is 22.2. The average Bonchev–Trinajstić information content (AvgIpc) is 3.23. The van der Waals surface area contributed by atoms with Crippen LogP contribution in [0.2, 0.25) is 0 Å². The number of nitrogens with zero attached hydrogens (tertiary/aromatic N) is 4. The first-order chi connectivity index (χ1) is 15.8. The molecule has 1 aliphatic rings. The minimum Gasteiger partial charge on any atom is -0.302 e. The Hall–Kier alpha value is -2.58. The summed E-state index contributed by atoms with van der Waals surface area (Å²) >= 11 is 1.89. The highest BCUT2D eigenvalue weighted by molar-refractivity contribution is 7.99. The molecule has 0 radical (unpaired) electrons. The number of hydrogen-bond donors (Lipinski definition) is 0. The summed E-state index contributed by atoms with van der Waals surface area (Å²) in [6.07, 6.45) is 10.1. The lowest BCUT2D eigenvalue weighted by Gasteiger charge is -2.20. The first-order valence-electron chi connectivity index (χ1n) is 11.9. The third-order valence-corrected chi connectivity index (χ3v) is 7.57. The molecule has 1 fully saturated rings. The van der Waals surface area contributed by atoms with Gasteiger partial charge in [0.1, 0.15) is 5.82 Å². The van der Waals surface area contributed by atoms with Crippen molar-refractivity contribution in [1.82, 2.24) is 14.8 Å². The fraction of sp³-hybridized carbons (Fsp3) is 0.444. The Labute approximate surface area is 196 Å². The summed E-state index contributed by atoms with van der Waals surface area (Å²) in [6.45, 7) is 3.01. The summed E-state index contributed by atoms with van der Waals surface area (Å²) in [5.74, 6) is 3.06. The Bertz CT molecular complexity index is 1040. The molecular weight excluding hydrogens is 412 g/mol. The number of rotatable bonds is 9. The van der Waals surface area contributed by atoms with Crippen molar-refractivity contribution in [3.8, 4) is 17.2 Å². The molecule has 1 heterocycles. The largest absolute Gasteiger partial charge is 0.302 e. The van der Waals surface area contributed by atoms with Crippen LogP contribution in [0.5, 0.6) is 0 Å². The molecule has 4 rings (SSSR count). The van der Waals surface area contributed by atoms with E-state index < -0.39 is 0 Å². The summed E-state index contributed by atoms with van der Waals surface area (Å²) < 4.78 is 2.32. The van der Waals surface area contributed by atoms with Gasteiger partial charge in [-0.3, -0.25) is 0 Å². The molecule has 0 unspecified atom stereocenters. The number of unbranched alkanes of at least 4 members (excludes halogenated alkanes) is 1. The van der Waals surface area contributed by atoms with Crippen molar-refractivity contribution in [2.45, 2.75) is 70.0 Å². The van der Waals surface area contributed by atoms with Crippen molar-refractivity contribution in [2.24, 2.45) is 5.92 Å². The van der Waals surface area contributed by atoms with Crippen molar-refractivity contribution in [2.75, 3.05) is 5.75 Å². The van der Waals surface area contributed by atoms with Crippen molar-refractivity contribution < 1.29 is 0 Å². The first kappa shape index (κ1) is 22.6. The number of benzene rings is 2. The molecule has 166 valence electrons. The van der Waals surface area contributed by atoms with Gasteiger partial charge in [-0.15, -0.1) is 10.2 Å². The number of aryl methyl sites for hydroxylation is 1. The summed E-state index contributed by atoms with van der Waals surface area (Å²) in [4.78, 5) is 0. The van der Waals surface area contributed by atoms with Gasteiger partial charge in [0.25, 0.3) is 0 Å².